The van der Waals surface area contributed by atoms with Crippen LogP contribution in [0.1, 0.15) is 36.0 Å². The molecule has 3 aromatic rings. The van der Waals surface area contributed by atoms with E-state index in [4.69, 9.17) is 13.9 Å². The molecule has 4 rings (SSSR count). The molecule has 3 heterocycles. The first-order valence-electron chi connectivity index (χ1n) is 11.4. The van der Waals surface area contributed by atoms with Gasteiger partial charge in [0.05, 0.1) is 30.8 Å². The quantitative estimate of drug-likeness (QED) is 0.425. The van der Waals surface area contributed by atoms with Crippen LogP contribution in [0.15, 0.2) is 40.8 Å². The van der Waals surface area contributed by atoms with Gasteiger partial charge in [0.2, 0.25) is 15.8 Å². The summed E-state index contributed by atoms with van der Waals surface area (Å²) in [6, 6.07) is 9.87. The lowest BCUT2D eigenvalue weighted by molar-refractivity contribution is 0.0488. The molecule has 0 N–H and O–H groups in total. The molecular formula is C23H28N4O7S. The van der Waals surface area contributed by atoms with Crippen LogP contribution in [-0.4, -0.2) is 78.6 Å². The zero-order chi connectivity index (χ0) is 25.0. The molecule has 0 aliphatic carbocycles. The number of piperazine rings is 1. The first-order valence-corrected chi connectivity index (χ1v) is 13.0. The third-order valence-corrected chi connectivity index (χ3v) is 7.20. The third-order valence-electron chi connectivity index (χ3n) is 5.59. The highest BCUT2D eigenvalue weighted by atomic mass is 32.2. The second-order valence-electron chi connectivity index (χ2n) is 7.99. The first-order chi connectivity index (χ1) is 16.8. The first kappa shape index (κ1) is 24.7. The smallest absolute Gasteiger partial charge is 0.409 e. The van der Waals surface area contributed by atoms with Crippen LogP contribution >= 0.6 is 0 Å². The van der Waals surface area contributed by atoms with E-state index in [1.807, 2.05) is 0 Å². The molecule has 35 heavy (non-hydrogen) atoms. The van der Waals surface area contributed by atoms with Gasteiger partial charge in [-0.05, 0) is 38.1 Å². The van der Waals surface area contributed by atoms with Crippen LogP contribution in [0.3, 0.4) is 0 Å². The van der Waals surface area contributed by atoms with Gasteiger partial charge in [-0.25, -0.2) is 27.0 Å². The molecule has 0 radical (unpaired) electrons. The molecule has 0 saturated carbocycles. The molecule has 12 heteroatoms. The maximum atomic E-state index is 13.5. The highest BCUT2D eigenvalue weighted by molar-refractivity contribution is 7.89. The van der Waals surface area contributed by atoms with Crippen molar-refractivity contribution in [2.24, 2.45) is 0 Å². The summed E-state index contributed by atoms with van der Waals surface area (Å²) >= 11 is 0. The number of benzene rings is 1. The van der Waals surface area contributed by atoms with E-state index in [2.05, 4.69) is 9.88 Å². The number of carbonyl (C=O) groups excluding carboxylic acids is 2. The Balaban J connectivity index is 1.56. The molecule has 11 nitrogen and oxygen atoms in total. The number of nitrogens with zero attached hydrogens (tertiary/aromatic N) is 4. The largest absolute Gasteiger partial charge is 0.460 e. The lowest BCUT2D eigenvalue weighted by Crippen LogP contribution is -2.48. The summed E-state index contributed by atoms with van der Waals surface area (Å²) in [5, 5.41) is 0. The van der Waals surface area contributed by atoms with Gasteiger partial charge in [-0.3, -0.25) is 4.90 Å². The van der Waals surface area contributed by atoms with Gasteiger partial charge in [0.1, 0.15) is 17.3 Å². The fourth-order valence-corrected chi connectivity index (χ4v) is 5.50. The van der Waals surface area contributed by atoms with E-state index in [-0.39, 0.29) is 30.8 Å². The number of rotatable bonds is 8. The predicted octanol–water partition coefficient (Wildman–Crippen LogP) is 2.46. The van der Waals surface area contributed by atoms with Crippen molar-refractivity contribution < 1.29 is 31.9 Å². The fraction of sp³-hybridized carbons (Fsp3) is 0.435. The van der Waals surface area contributed by atoms with Crippen LogP contribution in [0, 0.1) is 0 Å². The van der Waals surface area contributed by atoms with Crippen LogP contribution in [0.2, 0.25) is 0 Å². The van der Waals surface area contributed by atoms with Gasteiger partial charge in [-0.2, -0.15) is 0 Å². The Labute approximate surface area is 203 Å². The van der Waals surface area contributed by atoms with E-state index in [0.29, 0.717) is 49.6 Å². The molecule has 0 unspecified atom stereocenters. The fourth-order valence-electron chi connectivity index (χ4n) is 3.98. The van der Waals surface area contributed by atoms with E-state index >= 15 is 0 Å². The van der Waals surface area contributed by atoms with Crippen molar-refractivity contribution >= 4 is 33.1 Å². The second-order valence-corrected chi connectivity index (χ2v) is 9.80. The van der Waals surface area contributed by atoms with Crippen LogP contribution < -0.4 is 0 Å². The monoisotopic (exact) mass is 504 g/mol. The van der Waals surface area contributed by atoms with Crippen molar-refractivity contribution in [1.82, 2.24) is 18.8 Å². The molecule has 1 aromatic carbocycles. The Bertz CT molecular complexity index is 1310. The zero-order valence-electron chi connectivity index (χ0n) is 19.7. The minimum Gasteiger partial charge on any atom is -0.460 e. The van der Waals surface area contributed by atoms with Crippen molar-refractivity contribution in [3.8, 4) is 0 Å². The number of hydrogen-bond donors (Lipinski definition) is 0. The number of hydrogen-bond acceptors (Lipinski definition) is 9. The van der Waals surface area contributed by atoms with Crippen molar-refractivity contribution in [3.63, 3.8) is 0 Å². The lowest BCUT2D eigenvalue weighted by Gasteiger charge is -2.33. The van der Waals surface area contributed by atoms with Crippen LogP contribution in [0.5, 0.6) is 0 Å². The van der Waals surface area contributed by atoms with E-state index in [1.54, 1.807) is 43.0 Å². The number of imidazole rings is 1. The van der Waals surface area contributed by atoms with Crippen molar-refractivity contribution in [2.75, 3.05) is 39.4 Å². The average Bonchev–Trinajstić information content (AvgIpc) is 3.44. The highest BCUT2D eigenvalue weighted by Crippen LogP contribution is 2.23. The van der Waals surface area contributed by atoms with E-state index in [1.165, 1.54) is 16.1 Å². The molecule has 1 aliphatic rings. The van der Waals surface area contributed by atoms with Gasteiger partial charge in [0, 0.05) is 26.2 Å². The summed E-state index contributed by atoms with van der Waals surface area (Å²) < 4.78 is 43.7. The summed E-state index contributed by atoms with van der Waals surface area (Å²) in [5.41, 5.74) is 1.02. The van der Waals surface area contributed by atoms with Gasteiger partial charge in [0.25, 0.3) is 0 Å². The molecule has 1 amide bonds. The van der Waals surface area contributed by atoms with Gasteiger partial charge in [-0.15, -0.1) is 0 Å². The Morgan fingerprint density at radius 3 is 2.43 bits per heavy atom. The summed E-state index contributed by atoms with van der Waals surface area (Å²) in [7, 11) is -3.94. The normalized spacial score (nSPS) is 14.9. The summed E-state index contributed by atoms with van der Waals surface area (Å²) in [5.74, 6) is -0.650. The molecule has 0 atom stereocenters. The third kappa shape index (κ3) is 5.49. The zero-order valence-corrected chi connectivity index (χ0v) is 20.5. The summed E-state index contributed by atoms with van der Waals surface area (Å²) in [6.07, 6.45) is -0.345. The maximum absolute atomic E-state index is 13.5. The lowest BCUT2D eigenvalue weighted by atomic mass is 10.3. The number of fused-ring (bicyclic) bond motifs is 1. The molecule has 0 bridgehead atoms. The minimum absolute atomic E-state index is 0.0489. The van der Waals surface area contributed by atoms with Crippen molar-refractivity contribution in [3.05, 3.63) is 53.7 Å². The molecule has 188 valence electrons. The van der Waals surface area contributed by atoms with Gasteiger partial charge >= 0.3 is 12.1 Å². The molecule has 1 saturated heterocycles. The van der Waals surface area contributed by atoms with Crippen LogP contribution in [0.4, 0.5) is 4.79 Å². The Morgan fingerprint density at radius 2 is 1.71 bits per heavy atom. The SMILES string of the molecule is CCOC(=O)c1ccc(CS(=O)(=O)n2c(CN3CCN(C(=O)OCC)CC3)nc3ccccc32)o1. The van der Waals surface area contributed by atoms with E-state index < -0.39 is 21.7 Å². The topological polar surface area (TPSA) is 124 Å². The number of carbonyl (C=O) groups is 2. The molecule has 1 aliphatic heterocycles. The van der Waals surface area contributed by atoms with Gasteiger partial charge < -0.3 is 18.8 Å². The minimum atomic E-state index is -3.94. The molecule has 0 spiro atoms. The molecular weight excluding hydrogens is 476 g/mol. The number of para-hydroxylation sites is 2. The maximum Gasteiger partial charge on any atom is 0.409 e. The Morgan fingerprint density at radius 1 is 1.00 bits per heavy atom. The van der Waals surface area contributed by atoms with Gasteiger partial charge in [-0.1, -0.05) is 12.1 Å². The predicted molar refractivity (Wildman–Crippen MR) is 126 cm³/mol. The Hall–Kier alpha value is -3.38. The Kier molecular flexibility index (Phi) is 7.41. The number of aromatic nitrogens is 2. The van der Waals surface area contributed by atoms with E-state index in [9.17, 15) is 18.0 Å². The van der Waals surface area contributed by atoms with Gasteiger partial charge in [0.15, 0.2) is 0 Å². The van der Waals surface area contributed by atoms with Crippen molar-refractivity contribution in [1.29, 1.82) is 0 Å². The second kappa shape index (κ2) is 10.5. The van der Waals surface area contributed by atoms with Crippen LogP contribution in [0.25, 0.3) is 11.0 Å². The van der Waals surface area contributed by atoms with Crippen LogP contribution in [-0.2, 0) is 31.8 Å². The standard InChI is InChI=1S/C23H28N4O7S/c1-3-32-22(28)20-10-9-17(34-20)16-35(30,31)27-19-8-6-5-7-18(19)24-21(27)15-25-11-13-26(14-12-25)23(29)33-4-2/h5-10H,3-4,11-16H2,1-2H3. The number of ether oxygens (including phenoxy) is 2. The number of furan rings is 1. The summed E-state index contributed by atoms with van der Waals surface area (Å²) in [4.78, 5) is 32.1. The summed E-state index contributed by atoms with van der Waals surface area (Å²) in [6.45, 7) is 6.31. The molecule has 1 fully saturated rings. The number of amides is 1. The number of esters is 1. The van der Waals surface area contributed by atoms with Crippen molar-refractivity contribution in [2.45, 2.75) is 26.1 Å². The average molecular weight is 505 g/mol. The molecule has 2 aromatic heterocycles. The highest BCUT2D eigenvalue weighted by Gasteiger charge is 2.28. The van der Waals surface area contributed by atoms with E-state index in [0.717, 1.165) is 0 Å².